The summed E-state index contributed by atoms with van der Waals surface area (Å²) in [4.78, 5) is 25.2. The number of carbonyl (C=O) groups is 2. The minimum atomic E-state index is -0.964. The fourth-order valence-corrected chi connectivity index (χ4v) is 3.77. The maximum Gasteiger partial charge on any atom is 0.409 e. The van der Waals surface area contributed by atoms with Crippen LogP contribution < -0.4 is 4.74 Å². The van der Waals surface area contributed by atoms with Crippen LogP contribution >= 0.6 is 0 Å². The average molecular weight is 422 g/mol. The minimum Gasteiger partial charge on any atom is -0.492 e. The zero-order chi connectivity index (χ0) is 21.8. The van der Waals surface area contributed by atoms with E-state index in [1.807, 2.05) is 31.2 Å². The highest BCUT2D eigenvalue weighted by Crippen LogP contribution is 2.27. The summed E-state index contributed by atoms with van der Waals surface area (Å²) in [7, 11) is 0. The van der Waals surface area contributed by atoms with Crippen molar-refractivity contribution in [1.82, 2.24) is 4.90 Å². The van der Waals surface area contributed by atoms with Gasteiger partial charge in [0, 0.05) is 19.6 Å². The number of carbonyl (C=O) groups excluding carboxylic acids is 1. The van der Waals surface area contributed by atoms with Crippen molar-refractivity contribution in [2.75, 3.05) is 32.9 Å². The number of ether oxygens (including phenoxy) is 3. The molecule has 1 N–H and O–H groups in total. The Hall–Kier alpha value is -2.28. The molecule has 0 saturated heterocycles. The number of hydrogen-bond acceptors (Lipinski definition) is 5. The standard InChI is InChI=1S/C23H35NO6/c1-3-28-21(22(25)26)17-19-9-11-20(12-10-19)30-16-15-24(23(27)29-4-2)14-13-18-7-5-6-8-18/h9-12,18,21H,3-8,13-17H2,1-2H3,(H,25,26). The van der Waals surface area contributed by atoms with Crippen molar-refractivity contribution in [1.29, 1.82) is 0 Å². The highest BCUT2D eigenvalue weighted by atomic mass is 16.6. The molecule has 7 heteroatoms. The number of hydrogen-bond donors (Lipinski definition) is 1. The average Bonchev–Trinajstić information content (AvgIpc) is 3.25. The highest BCUT2D eigenvalue weighted by Gasteiger charge is 2.20. The number of nitrogens with zero attached hydrogens (tertiary/aromatic N) is 1. The summed E-state index contributed by atoms with van der Waals surface area (Å²) in [6.45, 7) is 5.85. The molecule has 7 nitrogen and oxygen atoms in total. The lowest BCUT2D eigenvalue weighted by atomic mass is 10.0. The SMILES string of the molecule is CCOC(=O)N(CCOc1ccc(CC(OCC)C(=O)O)cc1)CCC1CCCC1. The minimum absolute atomic E-state index is 0.287. The van der Waals surface area contributed by atoms with Crippen molar-refractivity contribution in [3.05, 3.63) is 29.8 Å². The smallest absolute Gasteiger partial charge is 0.409 e. The van der Waals surface area contributed by atoms with Gasteiger partial charge in [0.2, 0.25) is 0 Å². The molecule has 1 aromatic rings. The van der Waals surface area contributed by atoms with Gasteiger partial charge in [0.25, 0.3) is 0 Å². The van der Waals surface area contributed by atoms with E-state index < -0.39 is 12.1 Å². The van der Waals surface area contributed by atoms with Gasteiger partial charge in [0.15, 0.2) is 6.10 Å². The molecule has 0 aromatic heterocycles. The van der Waals surface area contributed by atoms with Crippen molar-refractivity contribution in [2.45, 2.75) is 58.5 Å². The van der Waals surface area contributed by atoms with Gasteiger partial charge in [-0.05, 0) is 43.9 Å². The second kappa shape index (κ2) is 13.1. The molecule has 1 fully saturated rings. The van der Waals surface area contributed by atoms with Crippen molar-refractivity contribution in [2.24, 2.45) is 5.92 Å². The largest absolute Gasteiger partial charge is 0.492 e. The second-order valence-electron chi connectivity index (χ2n) is 7.60. The fourth-order valence-electron chi connectivity index (χ4n) is 3.77. The molecule has 0 spiro atoms. The van der Waals surface area contributed by atoms with Crippen LogP contribution in [0.3, 0.4) is 0 Å². The summed E-state index contributed by atoms with van der Waals surface area (Å²) < 4.78 is 16.2. The maximum atomic E-state index is 12.2. The van der Waals surface area contributed by atoms with Crippen molar-refractivity contribution in [3.63, 3.8) is 0 Å². The first-order valence-electron chi connectivity index (χ1n) is 11.0. The van der Waals surface area contributed by atoms with Crippen LogP contribution in [0.4, 0.5) is 4.79 Å². The molecular formula is C23H35NO6. The summed E-state index contributed by atoms with van der Waals surface area (Å²) in [5, 5.41) is 9.19. The lowest BCUT2D eigenvalue weighted by molar-refractivity contribution is -0.149. The van der Waals surface area contributed by atoms with Gasteiger partial charge < -0.3 is 24.2 Å². The first-order valence-corrected chi connectivity index (χ1v) is 11.0. The van der Waals surface area contributed by atoms with Gasteiger partial charge >= 0.3 is 12.1 Å². The van der Waals surface area contributed by atoms with E-state index in [-0.39, 0.29) is 6.09 Å². The van der Waals surface area contributed by atoms with E-state index in [1.54, 1.807) is 11.8 Å². The van der Waals surface area contributed by atoms with Crippen molar-refractivity contribution in [3.8, 4) is 5.75 Å². The number of aliphatic carboxylic acids is 1. The molecule has 0 heterocycles. The Kier molecular flexibility index (Phi) is 10.5. The van der Waals surface area contributed by atoms with E-state index in [0.29, 0.717) is 51.0 Å². The molecule has 30 heavy (non-hydrogen) atoms. The monoisotopic (exact) mass is 421 g/mol. The van der Waals surface area contributed by atoms with E-state index in [1.165, 1.54) is 25.7 Å². The van der Waals surface area contributed by atoms with Gasteiger partial charge in [-0.15, -0.1) is 0 Å². The lowest BCUT2D eigenvalue weighted by Gasteiger charge is -2.23. The van der Waals surface area contributed by atoms with E-state index in [4.69, 9.17) is 14.2 Å². The molecule has 1 amide bonds. The number of amides is 1. The first-order chi connectivity index (χ1) is 14.5. The zero-order valence-corrected chi connectivity index (χ0v) is 18.2. The van der Waals surface area contributed by atoms with Crippen LogP contribution in [0.25, 0.3) is 0 Å². The van der Waals surface area contributed by atoms with Gasteiger partial charge in [-0.1, -0.05) is 37.8 Å². The Morgan fingerprint density at radius 1 is 1.10 bits per heavy atom. The third kappa shape index (κ3) is 8.22. The number of carboxylic acid groups (broad SMARTS) is 1. The number of rotatable bonds is 13. The Morgan fingerprint density at radius 3 is 2.40 bits per heavy atom. The van der Waals surface area contributed by atoms with Crippen LogP contribution in [0.2, 0.25) is 0 Å². The van der Waals surface area contributed by atoms with Crippen molar-refractivity contribution < 1.29 is 28.9 Å². The number of benzene rings is 1. The molecule has 2 rings (SSSR count). The van der Waals surface area contributed by atoms with E-state index in [9.17, 15) is 14.7 Å². The van der Waals surface area contributed by atoms with Crippen LogP contribution in [0.15, 0.2) is 24.3 Å². The molecule has 0 aliphatic heterocycles. The molecule has 168 valence electrons. The van der Waals surface area contributed by atoms with Gasteiger partial charge in [-0.3, -0.25) is 0 Å². The summed E-state index contributed by atoms with van der Waals surface area (Å²) >= 11 is 0. The van der Waals surface area contributed by atoms with Gasteiger partial charge in [-0.25, -0.2) is 9.59 Å². The Balaban J connectivity index is 1.81. The topological polar surface area (TPSA) is 85.3 Å². The molecule has 1 aliphatic rings. The first kappa shape index (κ1) is 24.0. The van der Waals surface area contributed by atoms with Gasteiger partial charge in [-0.2, -0.15) is 0 Å². The Morgan fingerprint density at radius 2 is 1.80 bits per heavy atom. The summed E-state index contributed by atoms with van der Waals surface area (Å²) in [5.41, 5.74) is 0.868. The molecule has 1 aliphatic carbocycles. The summed E-state index contributed by atoms with van der Waals surface area (Å²) in [5.74, 6) is 0.428. The van der Waals surface area contributed by atoms with Gasteiger partial charge in [0.1, 0.15) is 12.4 Å². The third-order valence-electron chi connectivity index (χ3n) is 5.43. The maximum absolute atomic E-state index is 12.2. The summed E-state index contributed by atoms with van der Waals surface area (Å²) in [6.07, 6.45) is 5.28. The molecule has 1 aromatic carbocycles. The number of carboxylic acids is 1. The van der Waals surface area contributed by atoms with E-state index in [2.05, 4.69) is 0 Å². The Bertz CT molecular complexity index is 642. The highest BCUT2D eigenvalue weighted by molar-refractivity contribution is 5.72. The zero-order valence-electron chi connectivity index (χ0n) is 18.2. The molecule has 1 saturated carbocycles. The van der Waals surface area contributed by atoms with E-state index in [0.717, 1.165) is 12.0 Å². The van der Waals surface area contributed by atoms with Crippen molar-refractivity contribution >= 4 is 12.1 Å². The lowest BCUT2D eigenvalue weighted by Crippen LogP contribution is -2.36. The third-order valence-corrected chi connectivity index (χ3v) is 5.43. The normalized spacial score (nSPS) is 15.0. The summed E-state index contributed by atoms with van der Waals surface area (Å²) in [6, 6.07) is 7.31. The van der Waals surface area contributed by atoms with Crippen LogP contribution in [0, 0.1) is 5.92 Å². The van der Waals surface area contributed by atoms with Gasteiger partial charge in [0.05, 0.1) is 13.2 Å². The predicted molar refractivity (Wildman–Crippen MR) is 114 cm³/mol. The molecule has 1 unspecified atom stereocenters. The second-order valence-corrected chi connectivity index (χ2v) is 7.60. The van der Waals surface area contributed by atoms with Crippen LogP contribution in [0.5, 0.6) is 5.75 Å². The fraction of sp³-hybridized carbons (Fsp3) is 0.652. The van der Waals surface area contributed by atoms with E-state index >= 15 is 0 Å². The quantitative estimate of drug-likeness (QED) is 0.515. The van der Waals surface area contributed by atoms with Crippen LogP contribution in [-0.2, 0) is 20.7 Å². The molecule has 0 radical (unpaired) electrons. The Labute approximate surface area is 179 Å². The van der Waals surface area contributed by atoms with Crippen LogP contribution in [0.1, 0.15) is 51.5 Å². The molecular weight excluding hydrogens is 386 g/mol. The van der Waals surface area contributed by atoms with Crippen LogP contribution in [-0.4, -0.2) is 61.1 Å². The molecule has 0 bridgehead atoms. The predicted octanol–water partition coefficient (Wildman–Crippen LogP) is 4.14. The molecule has 1 atom stereocenters.